The molecule has 17 heavy (non-hydrogen) atoms. The molecule has 2 atom stereocenters. The van der Waals surface area contributed by atoms with Crippen LogP contribution in [-0.2, 0) is 9.59 Å². The molecule has 0 aromatic rings. The van der Waals surface area contributed by atoms with Crippen LogP contribution in [0.15, 0.2) is 0 Å². The van der Waals surface area contributed by atoms with Crippen LogP contribution in [0.4, 0.5) is 0 Å². The van der Waals surface area contributed by atoms with Gasteiger partial charge >= 0.3 is 11.9 Å². The second-order valence-electron chi connectivity index (χ2n) is 5.54. The number of rotatable bonds is 8. The maximum absolute atomic E-state index is 11.0. The van der Waals surface area contributed by atoms with E-state index in [0.717, 1.165) is 6.04 Å². The fourth-order valence-corrected chi connectivity index (χ4v) is 2.72. The molecular formula is C11H22O5Si. The van der Waals surface area contributed by atoms with E-state index in [9.17, 15) is 14.7 Å². The van der Waals surface area contributed by atoms with E-state index < -0.39 is 32.0 Å². The van der Waals surface area contributed by atoms with Crippen LogP contribution in [0, 0.1) is 5.92 Å². The lowest BCUT2D eigenvalue weighted by molar-refractivity contribution is -0.147. The van der Waals surface area contributed by atoms with Crippen LogP contribution in [0.2, 0.25) is 25.7 Å². The maximum atomic E-state index is 11.0. The third-order valence-corrected chi connectivity index (χ3v) is 4.43. The second-order valence-corrected chi connectivity index (χ2v) is 11.2. The number of carboxylic acids is 2. The van der Waals surface area contributed by atoms with Crippen molar-refractivity contribution in [2.75, 3.05) is 0 Å². The first-order valence-electron chi connectivity index (χ1n) is 5.76. The molecule has 0 fully saturated rings. The van der Waals surface area contributed by atoms with Gasteiger partial charge in [-0.15, -0.1) is 0 Å². The van der Waals surface area contributed by atoms with Crippen LogP contribution >= 0.6 is 0 Å². The summed E-state index contributed by atoms with van der Waals surface area (Å²) in [4.78, 5) is 21.4. The van der Waals surface area contributed by atoms with Crippen molar-refractivity contribution in [2.24, 2.45) is 5.92 Å². The molecule has 0 heterocycles. The zero-order valence-electron chi connectivity index (χ0n) is 10.6. The fraction of sp³-hybridized carbons (Fsp3) is 0.818. The van der Waals surface area contributed by atoms with Crippen molar-refractivity contribution in [2.45, 2.75) is 51.1 Å². The van der Waals surface area contributed by atoms with Crippen LogP contribution in [0.3, 0.4) is 0 Å². The van der Waals surface area contributed by atoms with E-state index in [1.807, 2.05) is 0 Å². The number of aliphatic hydroxyl groups excluding tert-OH is 1. The van der Waals surface area contributed by atoms with Gasteiger partial charge in [0.1, 0.15) is 0 Å². The standard InChI is InChI=1S/C11H22O5Si/c1-17(2,3)7-6-8(11(15)16)9(12)4-5-10(13)14/h8-9,12H,4-7H2,1-3H3,(H,13,14)(H,15,16). The number of carbonyl (C=O) groups is 2. The van der Waals surface area contributed by atoms with Crippen LogP contribution in [0.25, 0.3) is 0 Å². The van der Waals surface area contributed by atoms with Gasteiger partial charge in [-0.2, -0.15) is 0 Å². The molecule has 5 nitrogen and oxygen atoms in total. The van der Waals surface area contributed by atoms with Gasteiger partial charge in [-0.25, -0.2) is 0 Å². The molecule has 6 heteroatoms. The van der Waals surface area contributed by atoms with Gasteiger partial charge in [-0.05, 0) is 12.8 Å². The topological polar surface area (TPSA) is 94.8 Å². The SMILES string of the molecule is C[Si](C)(C)CCC(C(=O)O)C(O)CCC(=O)O. The lowest BCUT2D eigenvalue weighted by Gasteiger charge is -2.22. The Kier molecular flexibility index (Phi) is 6.40. The average molecular weight is 262 g/mol. The van der Waals surface area contributed by atoms with E-state index in [1.54, 1.807) is 0 Å². The summed E-state index contributed by atoms with van der Waals surface area (Å²) in [6.07, 6.45) is -0.846. The van der Waals surface area contributed by atoms with E-state index in [4.69, 9.17) is 10.2 Å². The van der Waals surface area contributed by atoms with E-state index >= 15 is 0 Å². The molecule has 0 saturated carbocycles. The van der Waals surface area contributed by atoms with E-state index in [2.05, 4.69) is 19.6 Å². The highest BCUT2D eigenvalue weighted by atomic mass is 28.3. The Morgan fingerprint density at radius 2 is 1.65 bits per heavy atom. The van der Waals surface area contributed by atoms with E-state index in [-0.39, 0.29) is 12.8 Å². The van der Waals surface area contributed by atoms with Crippen molar-refractivity contribution in [3.63, 3.8) is 0 Å². The Bertz CT molecular complexity index is 272. The Morgan fingerprint density at radius 3 is 2.00 bits per heavy atom. The molecule has 0 spiro atoms. The highest BCUT2D eigenvalue weighted by Gasteiger charge is 2.28. The van der Waals surface area contributed by atoms with Gasteiger partial charge in [0.2, 0.25) is 0 Å². The second kappa shape index (κ2) is 6.76. The molecule has 0 bridgehead atoms. The van der Waals surface area contributed by atoms with Gasteiger partial charge in [0.25, 0.3) is 0 Å². The Morgan fingerprint density at radius 1 is 1.12 bits per heavy atom. The van der Waals surface area contributed by atoms with Gasteiger partial charge in [0.15, 0.2) is 0 Å². The molecule has 0 aliphatic rings. The van der Waals surface area contributed by atoms with Crippen LogP contribution in [-0.4, -0.2) is 41.4 Å². The van der Waals surface area contributed by atoms with Crippen molar-refractivity contribution in [3.05, 3.63) is 0 Å². The molecule has 0 saturated heterocycles. The fourth-order valence-electron chi connectivity index (χ4n) is 1.54. The smallest absolute Gasteiger partial charge is 0.309 e. The first-order chi connectivity index (χ1) is 7.63. The third-order valence-electron chi connectivity index (χ3n) is 2.64. The van der Waals surface area contributed by atoms with Crippen molar-refractivity contribution >= 4 is 20.0 Å². The van der Waals surface area contributed by atoms with Crippen molar-refractivity contribution in [1.29, 1.82) is 0 Å². The van der Waals surface area contributed by atoms with E-state index in [0.29, 0.717) is 6.42 Å². The van der Waals surface area contributed by atoms with Crippen LogP contribution in [0.5, 0.6) is 0 Å². The minimum Gasteiger partial charge on any atom is -0.481 e. The summed E-state index contributed by atoms with van der Waals surface area (Å²) in [6.45, 7) is 6.40. The summed E-state index contributed by atoms with van der Waals surface area (Å²) in [5.74, 6) is -2.90. The summed E-state index contributed by atoms with van der Waals surface area (Å²) in [6, 6.07) is 0.814. The normalized spacial score (nSPS) is 15.3. The molecule has 3 N–H and O–H groups in total. The number of carboxylic acid groups (broad SMARTS) is 2. The predicted octanol–water partition coefficient (Wildman–Crippen LogP) is 1.64. The molecule has 100 valence electrons. The highest BCUT2D eigenvalue weighted by Crippen LogP contribution is 2.21. The molecule has 0 amide bonds. The third kappa shape index (κ3) is 7.92. The minimum absolute atomic E-state index is 0.00199. The molecule has 2 unspecified atom stereocenters. The van der Waals surface area contributed by atoms with Gasteiger partial charge in [0.05, 0.1) is 12.0 Å². The average Bonchev–Trinajstić information content (AvgIpc) is 2.12. The molecule has 0 radical (unpaired) electrons. The van der Waals surface area contributed by atoms with Crippen molar-refractivity contribution in [1.82, 2.24) is 0 Å². The Hall–Kier alpha value is -0.883. The summed E-state index contributed by atoms with van der Waals surface area (Å²) in [5.41, 5.74) is 0. The number of aliphatic hydroxyl groups is 1. The summed E-state index contributed by atoms with van der Waals surface area (Å²) in [7, 11) is -1.35. The number of aliphatic carboxylic acids is 2. The lowest BCUT2D eigenvalue weighted by Crippen LogP contribution is -2.31. The first-order valence-corrected chi connectivity index (χ1v) is 9.47. The van der Waals surface area contributed by atoms with E-state index in [1.165, 1.54) is 0 Å². The molecule has 0 aliphatic carbocycles. The zero-order chi connectivity index (χ0) is 13.6. The summed E-state index contributed by atoms with van der Waals surface area (Å²) >= 11 is 0. The molecule has 0 rings (SSSR count). The monoisotopic (exact) mass is 262 g/mol. The van der Waals surface area contributed by atoms with Crippen LogP contribution < -0.4 is 0 Å². The van der Waals surface area contributed by atoms with Gasteiger partial charge < -0.3 is 15.3 Å². The van der Waals surface area contributed by atoms with Gasteiger partial charge in [0, 0.05) is 14.5 Å². The number of hydrogen-bond donors (Lipinski definition) is 3. The molecule has 0 aliphatic heterocycles. The molecule has 0 aromatic heterocycles. The molecule has 0 aromatic carbocycles. The van der Waals surface area contributed by atoms with Crippen LogP contribution in [0.1, 0.15) is 19.3 Å². The van der Waals surface area contributed by atoms with Crippen molar-refractivity contribution < 1.29 is 24.9 Å². The summed E-state index contributed by atoms with van der Waals surface area (Å²) < 4.78 is 0. The zero-order valence-corrected chi connectivity index (χ0v) is 11.6. The first kappa shape index (κ1) is 16.1. The lowest BCUT2D eigenvalue weighted by atomic mass is 9.96. The number of hydrogen-bond acceptors (Lipinski definition) is 3. The quantitative estimate of drug-likeness (QED) is 0.578. The van der Waals surface area contributed by atoms with Crippen molar-refractivity contribution in [3.8, 4) is 0 Å². The van der Waals surface area contributed by atoms with Gasteiger partial charge in [-0.1, -0.05) is 25.7 Å². The highest BCUT2D eigenvalue weighted by molar-refractivity contribution is 6.76. The predicted molar refractivity (Wildman–Crippen MR) is 66.8 cm³/mol. The van der Waals surface area contributed by atoms with Gasteiger partial charge in [-0.3, -0.25) is 9.59 Å². The molecular weight excluding hydrogens is 240 g/mol. The summed E-state index contributed by atoms with van der Waals surface area (Å²) in [5, 5.41) is 27.2. The minimum atomic E-state index is -1.35. The maximum Gasteiger partial charge on any atom is 0.309 e. The Balaban J connectivity index is 4.31. The largest absolute Gasteiger partial charge is 0.481 e. The Labute approximate surface area is 102 Å².